The summed E-state index contributed by atoms with van der Waals surface area (Å²) in [5.41, 5.74) is -2.11. The first-order chi connectivity index (χ1) is 9.79. The molecule has 1 aliphatic carbocycles. The third-order valence-corrected chi connectivity index (χ3v) is 3.76. The van der Waals surface area contributed by atoms with Gasteiger partial charge in [-0.05, 0) is 43.7 Å². The van der Waals surface area contributed by atoms with Gasteiger partial charge in [0.1, 0.15) is 11.9 Å². The highest BCUT2D eigenvalue weighted by molar-refractivity contribution is 5.90. The highest BCUT2D eigenvalue weighted by atomic mass is 19.4. The Hall–Kier alpha value is -1.59. The number of hydrogen-bond donors (Lipinski definition) is 0. The topological polar surface area (TPSA) is 26.3 Å². The largest absolute Gasteiger partial charge is 0.459 e. The second-order valence-corrected chi connectivity index (χ2v) is 5.45. The lowest BCUT2D eigenvalue weighted by Crippen LogP contribution is -2.24. The number of carbonyl (C=O) groups excluding carboxylic acids is 1. The van der Waals surface area contributed by atoms with Crippen molar-refractivity contribution in [2.24, 2.45) is 5.92 Å². The molecular formula is C15H16F4O2. The summed E-state index contributed by atoms with van der Waals surface area (Å²) in [5, 5.41) is 0. The van der Waals surface area contributed by atoms with Crippen LogP contribution >= 0.6 is 0 Å². The van der Waals surface area contributed by atoms with E-state index in [4.69, 9.17) is 4.74 Å². The van der Waals surface area contributed by atoms with Gasteiger partial charge in [0.05, 0.1) is 11.1 Å². The van der Waals surface area contributed by atoms with Crippen molar-refractivity contribution in [2.45, 2.75) is 44.9 Å². The summed E-state index contributed by atoms with van der Waals surface area (Å²) in [7, 11) is 0. The molecule has 1 fully saturated rings. The smallest absolute Gasteiger partial charge is 0.419 e. The molecule has 0 radical (unpaired) electrons. The Bertz CT molecular complexity index is 517. The molecule has 0 spiro atoms. The predicted octanol–water partition coefficient (Wildman–Crippen LogP) is 4.58. The first-order valence-electron chi connectivity index (χ1n) is 6.85. The Kier molecular flexibility index (Phi) is 4.54. The molecule has 116 valence electrons. The minimum atomic E-state index is -4.83. The lowest BCUT2D eigenvalue weighted by Gasteiger charge is -2.26. The van der Waals surface area contributed by atoms with Crippen molar-refractivity contribution in [1.29, 1.82) is 0 Å². The van der Waals surface area contributed by atoms with Crippen molar-refractivity contribution in [3.05, 3.63) is 35.1 Å². The number of ether oxygens (including phenoxy) is 1. The second-order valence-electron chi connectivity index (χ2n) is 5.45. The van der Waals surface area contributed by atoms with Gasteiger partial charge in [0.2, 0.25) is 0 Å². The Morgan fingerprint density at radius 1 is 1.19 bits per heavy atom. The molecule has 0 N–H and O–H groups in total. The fourth-order valence-corrected chi connectivity index (χ4v) is 2.47. The van der Waals surface area contributed by atoms with E-state index in [1.165, 1.54) is 0 Å². The standard InChI is InChI=1S/C15H16F4O2/c1-9-5-7-10(8-6-9)21-14(20)11-3-2-4-12(13(11)16)15(17,18)19/h2-4,9-10H,5-8H2,1H3. The number of benzene rings is 1. The number of hydrogen-bond acceptors (Lipinski definition) is 2. The van der Waals surface area contributed by atoms with E-state index in [1.54, 1.807) is 0 Å². The van der Waals surface area contributed by atoms with Gasteiger partial charge >= 0.3 is 12.1 Å². The van der Waals surface area contributed by atoms with Crippen LogP contribution in [0.1, 0.15) is 48.5 Å². The number of alkyl halides is 3. The maximum atomic E-state index is 13.8. The first kappa shape index (κ1) is 15.8. The van der Waals surface area contributed by atoms with Crippen LogP contribution in [0.25, 0.3) is 0 Å². The second kappa shape index (κ2) is 6.03. The van der Waals surface area contributed by atoms with Crippen LogP contribution in [0.3, 0.4) is 0 Å². The van der Waals surface area contributed by atoms with E-state index >= 15 is 0 Å². The number of esters is 1. The van der Waals surface area contributed by atoms with Gasteiger partial charge in [0, 0.05) is 0 Å². The van der Waals surface area contributed by atoms with Gasteiger partial charge in [-0.3, -0.25) is 0 Å². The molecule has 0 bridgehead atoms. The molecule has 1 saturated carbocycles. The van der Waals surface area contributed by atoms with Crippen LogP contribution in [0.5, 0.6) is 0 Å². The summed E-state index contributed by atoms with van der Waals surface area (Å²) in [6.45, 7) is 2.09. The molecule has 6 heteroatoms. The number of halogens is 4. The Labute approximate surface area is 120 Å². The van der Waals surface area contributed by atoms with Gasteiger partial charge < -0.3 is 4.74 Å². The van der Waals surface area contributed by atoms with E-state index in [9.17, 15) is 22.4 Å². The minimum absolute atomic E-state index is 0.345. The normalized spacial score (nSPS) is 22.9. The Morgan fingerprint density at radius 2 is 1.81 bits per heavy atom. The summed E-state index contributed by atoms with van der Waals surface area (Å²) in [6.07, 6.45) is -2.07. The van der Waals surface area contributed by atoms with E-state index in [-0.39, 0.29) is 6.10 Å². The van der Waals surface area contributed by atoms with Crippen LogP contribution in [0.4, 0.5) is 17.6 Å². The Balaban J connectivity index is 2.13. The molecule has 0 amide bonds. The third kappa shape index (κ3) is 3.74. The first-order valence-corrected chi connectivity index (χ1v) is 6.85. The highest BCUT2D eigenvalue weighted by Crippen LogP contribution is 2.33. The van der Waals surface area contributed by atoms with Gasteiger partial charge in [0.25, 0.3) is 0 Å². The van der Waals surface area contributed by atoms with E-state index in [2.05, 4.69) is 6.92 Å². The van der Waals surface area contributed by atoms with Crippen molar-refractivity contribution in [1.82, 2.24) is 0 Å². The van der Waals surface area contributed by atoms with Crippen LogP contribution in [0.15, 0.2) is 18.2 Å². The van der Waals surface area contributed by atoms with Crippen LogP contribution in [-0.2, 0) is 10.9 Å². The zero-order valence-corrected chi connectivity index (χ0v) is 11.5. The molecule has 0 heterocycles. The van der Waals surface area contributed by atoms with Crippen molar-refractivity contribution >= 4 is 5.97 Å². The highest BCUT2D eigenvalue weighted by Gasteiger charge is 2.36. The van der Waals surface area contributed by atoms with Crippen molar-refractivity contribution in [3.63, 3.8) is 0 Å². The Morgan fingerprint density at radius 3 is 2.38 bits per heavy atom. The summed E-state index contributed by atoms with van der Waals surface area (Å²) >= 11 is 0. The summed E-state index contributed by atoms with van der Waals surface area (Å²) in [4.78, 5) is 11.9. The average Bonchev–Trinajstić information content (AvgIpc) is 2.40. The summed E-state index contributed by atoms with van der Waals surface area (Å²) < 4.78 is 56.7. The maximum absolute atomic E-state index is 13.8. The third-order valence-electron chi connectivity index (χ3n) is 3.76. The molecule has 2 nitrogen and oxygen atoms in total. The van der Waals surface area contributed by atoms with Gasteiger partial charge in [-0.2, -0.15) is 13.2 Å². The van der Waals surface area contributed by atoms with Crippen molar-refractivity contribution < 1.29 is 27.1 Å². The van der Waals surface area contributed by atoms with Crippen LogP contribution in [-0.4, -0.2) is 12.1 Å². The molecule has 1 aliphatic rings. The number of carbonyl (C=O) groups is 1. The van der Waals surface area contributed by atoms with Gasteiger partial charge in [-0.25, -0.2) is 9.18 Å². The monoisotopic (exact) mass is 304 g/mol. The van der Waals surface area contributed by atoms with Crippen molar-refractivity contribution in [3.8, 4) is 0 Å². The maximum Gasteiger partial charge on any atom is 0.419 e. The molecule has 0 aromatic heterocycles. The van der Waals surface area contributed by atoms with Crippen LogP contribution in [0, 0.1) is 11.7 Å². The average molecular weight is 304 g/mol. The SMILES string of the molecule is CC1CCC(OC(=O)c2cccc(C(F)(F)F)c2F)CC1. The van der Waals surface area contributed by atoms with E-state index in [1.807, 2.05) is 0 Å². The van der Waals surface area contributed by atoms with Gasteiger partial charge in [-0.1, -0.05) is 13.0 Å². The molecule has 0 saturated heterocycles. The molecule has 1 aromatic carbocycles. The lowest BCUT2D eigenvalue weighted by molar-refractivity contribution is -0.140. The van der Waals surface area contributed by atoms with Crippen LogP contribution < -0.4 is 0 Å². The van der Waals surface area contributed by atoms with E-state index in [0.29, 0.717) is 24.8 Å². The molecule has 21 heavy (non-hydrogen) atoms. The van der Waals surface area contributed by atoms with E-state index < -0.39 is 29.1 Å². The molecule has 0 unspecified atom stereocenters. The van der Waals surface area contributed by atoms with Gasteiger partial charge in [0.15, 0.2) is 0 Å². The quantitative estimate of drug-likeness (QED) is 0.590. The van der Waals surface area contributed by atoms with E-state index in [0.717, 1.165) is 25.0 Å². The summed E-state index contributed by atoms with van der Waals surface area (Å²) in [5.74, 6) is -2.05. The van der Waals surface area contributed by atoms with Crippen molar-refractivity contribution in [2.75, 3.05) is 0 Å². The minimum Gasteiger partial charge on any atom is -0.459 e. The zero-order chi connectivity index (χ0) is 15.6. The molecule has 2 rings (SSSR count). The summed E-state index contributed by atoms with van der Waals surface area (Å²) in [6, 6.07) is 2.62. The fraction of sp³-hybridized carbons (Fsp3) is 0.533. The fourth-order valence-electron chi connectivity index (χ4n) is 2.47. The van der Waals surface area contributed by atoms with Gasteiger partial charge in [-0.15, -0.1) is 0 Å². The molecule has 0 aliphatic heterocycles. The molecule has 0 atom stereocenters. The molecule has 1 aromatic rings. The predicted molar refractivity (Wildman–Crippen MR) is 68.2 cm³/mol. The number of rotatable bonds is 2. The molecular weight excluding hydrogens is 288 g/mol. The lowest BCUT2D eigenvalue weighted by atomic mass is 9.89. The van der Waals surface area contributed by atoms with Crippen LogP contribution in [0.2, 0.25) is 0 Å². The zero-order valence-electron chi connectivity index (χ0n) is 11.5.